The van der Waals surface area contributed by atoms with E-state index in [1.165, 1.54) is 26.3 Å². The molecule has 6 nitrogen and oxygen atoms in total. The topological polar surface area (TPSA) is 75.7 Å². The van der Waals surface area contributed by atoms with E-state index in [0.29, 0.717) is 4.47 Å². The highest BCUT2D eigenvalue weighted by atomic mass is 79.9. The van der Waals surface area contributed by atoms with Crippen molar-refractivity contribution in [2.45, 2.75) is 11.3 Å². The van der Waals surface area contributed by atoms with Crippen molar-refractivity contribution in [1.82, 2.24) is 9.79 Å². The molecule has 0 spiro atoms. The average molecular weight is 351 g/mol. The van der Waals surface area contributed by atoms with Gasteiger partial charge in [0.05, 0.1) is 12.0 Å². The van der Waals surface area contributed by atoms with Gasteiger partial charge in [0.15, 0.2) is 0 Å². The van der Waals surface area contributed by atoms with Crippen LogP contribution in [0.5, 0.6) is 0 Å². The fourth-order valence-electron chi connectivity index (χ4n) is 1.27. The summed E-state index contributed by atoms with van der Waals surface area (Å²) in [5.41, 5.74) is 0. The van der Waals surface area contributed by atoms with Crippen molar-refractivity contribution in [3.8, 4) is 0 Å². The number of halogens is 1. The fraction of sp³-hybridized carbons (Fsp3) is 0.364. The van der Waals surface area contributed by atoms with E-state index < -0.39 is 10.0 Å². The molecule has 1 N–H and O–H groups in total. The number of carbonyl (C=O) groups excluding carboxylic acids is 1. The lowest BCUT2D eigenvalue weighted by molar-refractivity contribution is -0.168. The second kappa shape index (κ2) is 6.99. The molecule has 0 aliphatic carbocycles. The maximum absolute atomic E-state index is 11.9. The van der Waals surface area contributed by atoms with Gasteiger partial charge in [-0.3, -0.25) is 9.63 Å². The Hall–Kier alpha value is -0.960. The quantitative estimate of drug-likeness (QED) is 0.780. The Balaban J connectivity index is 2.60. The predicted molar refractivity (Wildman–Crippen MR) is 73.7 cm³/mol. The van der Waals surface area contributed by atoms with Crippen LogP contribution < -0.4 is 4.72 Å². The minimum absolute atomic E-state index is 0.0153. The van der Waals surface area contributed by atoms with Crippen molar-refractivity contribution in [3.63, 3.8) is 0 Å². The van der Waals surface area contributed by atoms with Crippen LogP contribution in [0.1, 0.15) is 6.42 Å². The monoisotopic (exact) mass is 350 g/mol. The summed E-state index contributed by atoms with van der Waals surface area (Å²) in [5.74, 6) is -0.306. The van der Waals surface area contributed by atoms with Gasteiger partial charge < -0.3 is 0 Å². The SMILES string of the molecule is CON(C)C(=O)CCNS(=O)(=O)c1cccc(Br)c1. The molecule has 106 valence electrons. The Kier molecular flexibility index (Phi) is 5.92. The van der Waals surface area contributed by atoms with Crippen LogP contribution in [0.25, 0.3) is 0 Å². The molecule has 0 unspecified atom stereocenters. The Morgan fingerprint density at radius 3 is 2.74 bits per heavy atom. The third kappa shape index (κ3) is 4.90. The van der Waals surface area contributed by atoms with E-state index in [1.54, 1.807) is 12.1 Å². The molecule has 0 saturated heterocycles. The van der Waals surface area contributed by atoms with E-state index in [9.17, 15) is 13.2 Å². The predicted octanol–water partition coefficient (Wildman–Crippen LogP) is 1.14. The summed E-state index contributed by atoms with van der Waals surface area (Å²) in [6.45, 7) is 0.0153. The lowest BCUT2D eigenvalue weighted by Crippen LogP contribution is -2.31. The minimum Gasteiger partial charge on any atom is -0.275 e. The van der Waals surface area contributed by atoms with Crippen LogP contribution in [0.2, 0.25) is 0 Å². The first kappa shape index (κ1) is 16.1. The van der Waals surface area contributed by atoms with Gasteiger partial charge in [0.25, 0.3) is 0 Å². The van der Waals surface area contributed by atoms with Crippen LogP contribution in [0.15, 0.2) is 33.6 Å². The molecule has 8 heteroatoms. The van der Waals surface area contributed by atoms with Gasteiger partial charge in [-0.05, 0) is 18.2 Å². The Morgan fingerprint density at radius 2 is 2.16 bits per heavy atom. The van der Waals surface area contributed by atoms with Crippen molar-refractivity contribution < 1.29 is 18.0 Å². The van der Waals surface area contributed by atoms with Gasteiger partial charge in [-0.1, -0.05) is 22.0 Å². The van der Waals surface area contributed by atoms with Crippen molar-refractivity contribution in [3.05, 3.63) is 28.7 Å². The normalized spacial score (nSPS) is 11.3. The number of amides is 1. The summed E-state index contributed by atoms with van der Waals surface area (Å²) >= 11 is 3.20. The number of hydrogen-bond acceptors (Lipinski definition) is 4. The lowest BCUT2D eigenvalue weighted by atomic mass is 10.4. The first-order valence-electron chi connectivity index (χ1n) is 5.42. The van der Waals surface area contributed by atoms with Crippen LogP contribution >= 0.6 is 15.9 Å². The van der Waals surface area contributed by atoms with Crippen LogP contribution in [0.3, 0.4) is 0 Å². The zero-order valence-corrected chi connectivity index (χ0v) is 13.0. The molecule has 0 bridgehead atoms. The van der Waals surface area contributed by atoms with Crippen LogP contribution in [-0.2, 0) is 19.7 Å². The first-order chi connectivity index (χ1) is 8.86. The molecule has 0 aliphatic heterocycles. The van der Waals surface area contributed by atoms with Gasteiger partial charge in [-0.15, -0.1) is 0 Å². The molecule has 0 radical (unpaired) electrons. The molecule has 0 saturated carbocycles. The zero-order chi connectivity index (χ0) is 14.5. The highest BCUT2D eigenvalue weighted by Gasteiger charge is 2.15. The zero-order valence-electron chi connectivity index (χ0n) is 10.6. The molecule has 0 aromatic heterocycles. The highest BCUT2D eigenvalue weighted by molar-refractivity contribution is 9.10. The molecular formula is C11H15BrN2O4S. The maximum Gasteiger partial charge on any atom is 0.247 e. The van der Waals surface area contributed by atoms with E-state index in [4.69, 9.17) is 4.84 Å². The minimum atomic E-state index is -3.60. The van der Waals surface area contributed by atoms with Crippen molar-refractivity contribution >= 4 is 31.9 Å². The molecule has 0 aliphatic rings. The Bertz CT molecular complexity index is 547. The summed E-state index contributed by atoms with van der Waals surface area (Å²) in [5, 5.41) is 1.05. The molecule has 1 rings (SSSR count). The molecule has 1 amide bonds. The average Bonchev–Trinajstić information content (AvgIpc) is 2.37. The third-order valence-electron chi connectivity index (χ3n) is 2.36. The van der Waals surface area contributed by atoms with E-state index in [0.717, 1.165) is 5.06 Å². The standard InChI is InChI=1S/C11H15BrN2O4S/c1-14(18-2)11(15)6-7-13-19(16,17)10-5-3-4-9(12)8-10/h3-5,8,13H,6-7H2,1-2H3. The molecule has 0 atom stereocenters. The summed E-state index contributed by atoms with van der Waals surface area (Å²) < 4.78 is 26.9. The second-order valence-electron chi connectivity index (χ2n) is 3.68. The number of benzene rings is 1. The largest absolute Gasteiger partial charge is 0.275 e. The molecule has 0 fully saturated rings. The Morgan fingerprint density at radius 1 is 1.47 bits per heavy atom. The molecule has 1 aromatic rings. The van der Waals surface area contributed by atoms with Crippen molar-refractivity contribution in [2.75, 3.05) is 20.7 Å². The Labute approximate surface area is 120 Å². The van der Waals surface area contributed by atoms with E-state index in [1.807, 2.05) is 0 Å². The summed E-state index contributed by atoms with van der Waals surface area (Å²) in [6, 6.07) is 6.33. The molecule has 0 heterocycles. The number of carbonyl (C=O) groups is 1. The maximum atomic E-state index is 11.9. The number of nitrogens with zero attached hydrogens (tertiary/aromatic N) is 1. The van der Waals surface area contributed by atoms with E-state index >= 15 is 0 Å². The van der Waals surface area contributed by atoms with Gasteiger partial charge in [0.2, 0.25) is 15.9 Å². The number of nitrogens with one attached hydrogen (secondary N) is 1. The van der Waals surface area contributed by atoms with Crippen molar-refractivity contribution in [2.24, 2.45) is 0 Å². The number of rotatable bonds is 6. The smallest absolute Gasteiger partial charge is 0.247 e. The molecule has 1 aromatic carbocycles. The highest BCUT2D eigenvalue weighted by Crippen LogP contribution is 2.15. The molecular weight excluding hydrogens is 336 g/mol. The summed E-state index contributed by atoms with van der Waals surface area (Å²) in [7, 11) is -0.774. The van der Waals surface area contributed by atoms with Gasteiger partial charge in [0.1, 0.15) is 0 Å². The van der Waals surface area contributed by atoms with Gasteiger partial charge in [0, 0.05) is 24.5 Å². The number of hydrogen-bond donors (Lipinski definition) is 1. The number of sulfonamides is 1. The summed E-state index contributed by atoms with van der Waals surface area (Å²) in [6.07, 6.45) is 0.0254. The molecule has 19 heavy (non-hydrogen) atoms. The first-order valence-corrected chi connectivity index (χ1v) is 7.70. The van der Waals surface area contributed by atoms with Gasteiger partial charge >= 0.3 is 0 Å². The van der Waals surface area contributed by atoms with Crippen molar-refractivity contribution in [1.29, 1.82) is 0 Å². The van der Waals surface area contributed by atoms with Crippen LogP contribution in [0, 0.1) is 0 Å². The van der Waals surface area contributed by atoms with E-state index in [2.05, 4.69) is 20.7 Å². The van der Waals surface area contributed by atoms with Crippen LogP contribution in [-0.4, -0.2) is 40.1 Å². The second-order valence-corrected chi connectivity index (χ2v) is 6.36. The fourth-order valence-corrected chi connectivity index (χ4v) is 2.90. The summed E-state index contributed by atoms with van der Waals surface area (Å²) in [4.78, 5) is 16.3. The number of hydroxylamine groups is 2. The van der Waals surface area contributed by atoms with Crippen LogP contribution in [0.4, 0.5) is 0 Å². The van der Waals surface area contributed by atoms with Gasteiger partial charge in [-0.25, -0.2) is 18.2 Å². The van der Waals surface area contributed by atoms with Gasteiger partial charge in [-0.2, -0.15) is 0 Å². The third-order valence-corrected chi connectivity index (χ3v) is 4.31. The lowest BCUT2D eigenvalue weighted by Gasteiger charge is -2.13. The van der Waals surface area contributed by atoms with E-state index in [-0.39, 0.29) is 23.8 Å².